The molecule has 3 heteroatoms. The van der Waals surface area contributed by atoms with E-state index in [-0.39, 0.29) is 0 Å². The highest BCUT2D eigenvalue weighted by molar-refractivity contribution is 5.48. The minimum Gasteiger partial charge on any atom is -0.396 e. The number of rotatable bonds is 6. The fraction of sp³-hybridized carbons (Fsp3) is 0.769. The number of aromatic nitrogens is 2. The van der Waals surface area contributed by atoms with Gasteiger partial charge in [0.25, 0.3) is 0 Å². The standard InChI is InChI=1S/C13H25N3/c1-5-8-10(4)9-16-12(7-3)13(14)11(6-2)15-16/h10H,5-9,14H2,1-4H3. The van der Waals surface area contributed by atoms with Crippen LogP contribution in [-0.4, -0.2) is 9.78 Å². The minimum absolute atomic E-state index is 0.680. The number of nitrogens with two attached hydrogens (primary N) is 1. The molecule has 1 rings (SSSR count). The zero-order valence-corrected chi connectivity index (χ0v) is 11.1. The maximum atomic E-state index is 6.09. The lowest BCUT2D eigenvalue weighted by atomic mass is 10.1. The number of aryl methyl sites for hydroxylation is 1. The first-order valence-corrected chi connectivity index (χ1v) is 6.47. The minimum atomic E-state index is 0.680. The second-order valence-corrected chi connectivity index (χ2v) is 4.59. The molecule has 1 aromatic rings. The molecule has 3 nitrogen and oxygen atoms in total. The molecule has 0 bridgehead atoms. The van der Waals surface area contributed by atoms with E-state index in [9.17, 15) is 0 Å². The van der Waals surface area contributed by atoms with E-state index in [2.05, 4.69) is 37.5 Å². The van der Waals surface area contributed by atoms with Crippen molar-refractivity contribution in [2.24, 2.45) is 5.92 Å². The molecule has 1 heterocycles. The summed E-state index contributed by atoms with van der Waals surface area (Å²) >= 11 is 0. The van der Waals surface area contributed by atoms with Crippen molar-refractivity contribution in [2.45, 2.75) is 59.9 Å². The Balaban J connectivity index is 2.86. The Morgan fingerprint density at radius 3 is 2.44 bits per heavy atom. The molecule has 0 aliphatic heterocycles. The maximum Gasteiger partial charge on any atom is 0.0854 e. The van der Waals surface area contributed by atoms with Gasteiger partial charge in [0.15, 0.2) is 0 Å². The largest absolute Gasteiger partial charge is 0.396 e. The summed E-state index contributed by atoms with van der Waals surface area (Å²) in [4.78, 5) is 0. The molecular formula is C13H25N3. The Labute approximate surface area is 99.0 Å². The van der Waals surface area contributed by atoms with Crippen molar-refractivity contribution in [3.05, 3.63) is 11.4 Å². The molecule has 2 N–H and O–H groups in total. The van der Waals surface area contributed by atoms with Crippen LogP contribution in [0, 0.1) is 5.92 Å². The van der Waals surface area contributed by atoms with Crippen LogP contribution in [0.25, 0.3) is 0 Å². The molecule has 0 spiro atoms. The average Bonchev–Trinajstić information content (AvgIpc) is 2.54. The van der Waals surface area contributed by atoms with Gasteiger partial charge in [0.1, 0.15) is 0 Å². The molecule has 16 heavy (non-hydrogen) atoms. The summed E-state index contributed by atoms with van der Waals surface area (Å²) in [7, 11) is 0. The van der Waals surface area contributed by atoms with E-state index < -0.39 is 0 Å². The summed E-state index contributed by atoms with van der Waals surface area (Å²) in [5.74, 6) is 0.680. The van der Waals surface area contributed by atoms with E-state index in [0.717, 1.165) is 30.8 Å². The van der Waals surface area contributed by atoms with E-state index in [0.29, 0.717) is 5.92 Å². The number of hydrogen-bond donors (Lipinski definition) is 1. The summed E-state index contributed by atoms with van der Waals surface area (Å²) in [6.07, 6.45) is 4.38. The third-order valence-corrected chi connectivity index (χ3v) is 3.11. The molecule has 1 aromatic heterocycles. The van der Waals surface area contributed by atoms with Gasteiger partial charge in [-0.25, -0.2) is 0 Å². The Morgan fingerprint density at radius 2 is 1.94 bits per heavy atom. The highest BCUT2D eigenvalue weighted by Crippen LogP contribution is 2.20. The fourth-order valence-corrected chi connectivity index (χ4v) is 2.23. The van der Waals surface area contributed by atoms with Crippen LogP contribution in [0.15, 0.2) is 0 Å². The Hall–Kier alpha value is -0.990. The van der Waals surface area contributed by atoms with E-state index >= 15 is 0 Å². The van der Waals surface area contributed by atoms with Crippen molar-refractivity contribution in [3.63, 3.8) is 0 Å². The van der Waals surface area contributed by atoms with Crippen LogP contribution < -0.4 is 5.73 Å². The van der Waals surface area contributed by atoms with Crippen LogP contribution in [0.1, 0.15) is 51.9 Å². The average molecular weight is 223 g/mol. The fourth-order valence-electron chi connectivity index (χ4n) is 2.23. The molecule has 0 aliphatic rings. The van der Waals surface area contributed by atoms with Gasteiger partial charge in [0.05, 0.1) is 17.1 Å². The molecule has 1 atom stereocenters. The van der Waals surface area contributed by atoms with E-state index in [1.807, 2.05) is 0 Å². The van der Waals surface area contributed by atoms with Gasteiger partial charge in [-0.05, 0) is 25.2 Å². The van der Waals surface area contributed by atoms with Gasteiger partial charge in [-0.2, -0.15) is 5.10 Å². The van der Waals surface area contributed by atoms with Gasteiger partial charge in [-0.1, -0.05) is 34.1 Å². The van der Waals surface area contributed by atoms with Crippen molar-refractivity contribution < 1.29 is 0 Å². The van der Waals surface area contributed by atoms with E-state index in [1.54, 1.807) is 0 Å². The molecule has 0 aromatic carbocycles. The van der Waals surface area contributed by atoms with Crippen molar-refractivity contribution in [2.75, 3.05) is 5.73 Å². The SMILES string of the molecule is CCCC(C)Cn1nc(CC)c(N)c1CC. The quantitative estimate of drug-likeness (QED) is 0.805. The maximum absolute atomic E-state index is 6.09. The van der Waals surface area contributed by atoms with Gasteiger partial charge < -0.3 is 5.73 Å². The smallest absolute Gasteiger partial charge is 0.0854 e. The lowest BCUT2D eigenvalue weighted by molar-refractivity contribution is 0.411. The lowest BCUT2D eigenvalue weighted by Crippen LogP contribution is -2.12. The van der Waals surface area contributed by atoms with Gasteiger partial charge >= 0.3 is 0 Å². The Morgan fingerprint density at radius 1 is 1.25 bits per heavy atom. The van der Waals surface area contributed by atoms with Crippen LogP contribution in [0.5, 0.6) is 0 Å². The molecule has 0 aliphatic carbocycles. The molecule has 1 unspecified atom stereocenters. The predicted octanol–water partition coefficient (Wildman–Crippen LogP) is 3.03. The van der Waals surface area contributed by atoms with Gasteiger partial charge in [0.2, 0.25) is 0 Å². The van der Waals surface area contributed by atoms with Crippen molar-refractivity contribution in [1.29, 1.82) is 0 Å². The first-order chi connectivity index (χ1) is 7.63. The van der Waals surface area contributed by atoms with Crippen LogP contribution in [0.4, 0.5) is 5.69 Å². The van der Waals surface area contributed by atoms with Crippen molar-refractivity contribution >= 4 is 5.69 Å². The molecule has 0 saturated heterocycles. The van der Waals surface area contributed by atoms with Crippen LogP contribution in [0.3, 0.4) is 0 Å². The summed E-state index contributed by atoms with van der Waals surface area (Å²) in [6, 6.07) is 0. The molecule has 0 amide bonds. The predicted molar refractivity (Wildman–Crippen MR) is 69.5 cm³/mol. The van der Waals surface area contributed by atoms with Crippen molar-refractivity contribution in [3.8, 4) is 0 Å². The Bertz CT molecular complexity index is 328. The lowest BCUT2D eigenvalue weighted by Gasteiger charge is -2.12. The number of nitrogens with zero attached hydrogens (tertiary/aromatic N) is 2. The van der Waals surface area contributed by atoms with E-state index in [4.69, 9.17) is 5.73 Å². The zero-order valence-electron chi connectivity index (χ0n) is 11.1. The first-order valence-electron chi connectivity index (χ1n) is 6.47. The normalized spacial score (nSPS) is 13.0. The monoisotopic (exact) mass is 223 g/mol. The third kappa shape index (κ3) is 2.77. The summed E-state index contributed by atoms with van der Waals surface area (Å²) < 4.78 is 2.12. The highest BCUT2D eigenvalue weighted by Gasteiger charge is 2.13. The topological polar surface area (TPSA) is 43.8 Å². The zero-order chi connectivity index (χ0) is 12.1. The second kappa shape index (κ2) is 5.92. The van der Waals surface area contributed by atoms with Crippen molar-refractivity contribution in [1.82, 2.24) is 9.78 Å². The molecule has 0 radical (unpaired) electrons. The van der Waals surface area contributed by atoms with Crippen LogP contribution >= 0.6 is 0 Å². The van der Waals surface area contributed by atoms with E-state index in [1.165, 1.54) is 18.5 Å². The summed E-state index contributed by atoms with van der Waals surface area (Å²) in [5, 5.41) is 4.61. The number of hydrogen-bond acceptors (Lipinski definition) is 2. The molecular weight excluding hydrogens is 198 g/mol. The summed E-state index contributed by atoms with van der Waals surface area (Å²) in [6.45, 7) is 9.77. The van der Waals surface area contributed by atoms with Gasteiger partial charge in [-0.15, -0.1) is 0 Å². The van der Waals surface area contributed by atoms with Gasteiger partial charge in [-0.3, -0.25) is 4.68 Å². The summed E-state index contributed by atoms with van der Waals surface area (Å²) in [5.41, 5.74) is 9.27. The second-order valence-electron chi connectivity index (χ2n) is 4.59. The highest BCUT2D eigenvalue weighted by atomic mass is 15.3. The Kier molecular flexibility index (Phi) is 4.84. The van der Waals surface area contributed by atoms with Crippen LogP contribution in [0.2, 0.25) is 0 Å². The molecule has 0 saturated carbocycles. The van der Waals surface area contributed by atoms with Crippen LogP contribution in [-0.2, 0) is 19.4 Å². The third-order valence-electron chi connectivity index (χ3n) is 3.11. The number of anilines is 1. The molecule has 92 valence electrons. The van der Waals surface area contributed by atoms with Gasteiger partial charge in [0, 0.05) is 6.54 Å². The molecule has 0 fully saturated rings. The first kappa shape index (κ1) is 13.1. The number of nitrogen functional groups attached to an aromatic ring is 1.